The highest BCUT2D eigenvalue weighted by Crippen LogP contribution is 2.46. The van der Waals surface area contributed by atoms with E-state index in [1.165, 1.54) is 47.1 Å². The zero-order valence-electron chi connectivity index (χ0n) is 17.5. The summed E-state index contributed by atoms with van der Waals surface area (Å²) in [7, 11) is 0. The Hall–Kier alpha value is -2.66. The number of hydrogen-bond acceptors (Lipinski definition) is 3. The molecule has 1 amide bonds. The Labute approximate surface area is 186 Å². The van der Waals surface area contributed by atoms with E-state index in [-0.39, 0.29) is 11.8 Å². The van der Waals surface area contributed by atoms with Crippen LogP contribution in [0.5, 0.6) is 0 Å². The van der Waals surface area contributed by atoms with Crippen molar-refractivity contribution in [3.63, 3.8) is 0 Å². The van der Waals surface area contributed by atoms with Crippen molar-refractivity contribution in [1.82, 2.24) is 5.32 Å². The monoisotopic (exact) mass is 433 g/mol. The maximum absolute atomic E-state index is 12.6. The minimum atomic E-state index is -0.908. The number of aromatic carboxylic acids is 1. The molecule has 2 N–H and O–H groups in total. The van der Waals surface area contributed by atoms with E-state index in [0.29, 0.717) is 17.4 Å². The first-order chi connectivity index (χ1) is 15.1. The zero-order valence-corrected chi connectivity index (χ0v) is 18.3. The third-order valence-corrected chi connectivity index (χ3v) is 8.23. The SMILES string of the molecule is O=C(O)c1ccc(-c2ccc3sc(C(C4CCCCC4)C4CCNC4=O)cc3c2)cc1. The van der Waals surface area contributed by atoms with Gasteiger partial charge in [0, 0.05) is 28.0 Å². The first-order valence-corrected chi connectivity index (χ1v) is 12.1. The number of carbonyl (C=O) groups excluding carboxylic acids is 1. The van der Waals surface area contributed by atoms with Crippen LogP contribution >= 0.6 is 11.3 Å². The first-order valence-electron chi connectivity index (χ1n) is 11.2. The molecule has 0 radical (unpaired) electrons. The summed E-state index contributed by atoms with van der Waals surface area (Å²) >= 11 is 1.84. The summed E-state index contributed by atoms with van der Waals surface area (Å²) in [4.78, 5) is 25.1. The number of fused-ring (bicyclic) bond motifs is 1. The fourth-order valence-corrected chi connectivity index (χ4v) is 6.73. The Morgan fingerprint density at radius 3 is 2.39 bits per heavy atom. The van der Waals surface area contributed by atoms with Gasteiger partial charge in [0.1, 0.15) is 0 Å². The first kappa shape index (κ1) is 20.3. The zero-order chi connectivity index (χ0) is 21.4. The number of benzene rings is 2. The van der Waals surface area contributed by atoms with Crippen LogP contribution in [0, 0.1) is 11.8 Å². The lowest BCUT2D eigenvalue weighted by Crippen LogP contribution is -2.29. The van der Waals surface area contributed by atoms with Gasteiger partial charge in [-0.2, -0.15) is 0 Å². The van der Waals surface area contributed by atoms with Gasteiger partial charge in [-0.05, 0) is 72.0 Å². The summed E-state index contributed by atoms with van der Waals surface area (Å²) in [6.45, 7) is 0.800. The molecule has 160 valence electrons. The Morgan fingerprint density at radius 1 is 0.968 bits per heavy atom. The maximum Gasteiger partial charge on any atom is 0.335 e. The molecular weight excluding hydrogens is 406 g/mol. The summed E-state index contributed by atoms with van der Waals surface area (Å²) in [5, 5.41) is 13.4. The molecule has 2 aromatic carbocycles. The van der Waals surface area contributed by atoms with Crippen molar-refractivity contribution in [2.75, 3.05) is 6.54 Å². The van der Waals surface area contributed by atoms with Gasteiger partial charge in [0.25, 0.3) is 0 Å². The van der Waals surface area contributed by atoms with Crippen LogP contribution in [0.4, 0.5) is 0 Å². The predicted octanol–water partition coefficient (Wildman–Crippen LogP) is 6.07. The van der Waals surface area contributed by atoms with Gasteiger partial charge in [-0.15, -0.1) is 11.3 Å². The van der Waals surface area contributed by atoms with E-state index in [1.54, 1.807) is 12.1 Å². The Balaban J connectivity index is 1.50. The van der Waals surface area contributed by atoms with Gasteiger partial charge >= 0.3 is 5.97 Å². The minimum absolute atomic E-state index is 0.0965. The fourth-order valence-electron chi connectivity index (χ4n) is 5.42. The summed E-state index contributed by atoms with van der Waals surface area (Å²) < 4.78 is 1.25. The Kier molecular flexibility index (Phi) is 5.53. The third kappa shape index (κ3) is 3.99. The van der Waals surface area contributed by atoms with E-state index in [9.17, 15) is 9.59 Å². The molecule has 1 aromatic heterocycles. The molecule has 1 aliphatic heterocycles. The van der Waals surface area contributed by atoms with Gasteiger partial charge in [0.05, 0.1) is 5.56 Å². The minimum Gasteiger partial charge on any atom is -0.478 e. The standard InChI is InChI=1S/C26H27NO3S/c28-25-21(12-13-27-25)24(17-4-2-1-3-5-17)23-15-20-14-19(10-11-22(20)31-23)16-6-8-18(9-7-16)26(29)30/h6-11,14-15,17,21,24H,1-5,12-13H2,(H,27,28)(H,29,30). The molecule has 31 heavy (non-hydrogen) atoms. The van der Waals surface area contributed by atoms with Crippen molar-refractivity contribution >= 4 is 33.3 Å². The van der Waals surface area contributed by atoms with Crippen molar-refractivity contribution in [3.05, 3.63) is 59.0 Å². The Bertz CT molecular complexity index is 1110. The number of carboxylic acid groups (broad SMARTS) is 1. The highest BCUT2D eigenvalue weighted by molar-refractivity contribution is 7.19. The molecule has 4 nitrogen and oxygen atoms in total. The van der Waals surface area contributed by atoms with Crippen LogP contribution in [0.1, 0.15) is 59.7 Å². The van der Waals surface area contributed by atoms with Crippen molar-refractivity contribution < 1.29 is 14.7 Å². The van der Waals surface area contributed by atoms with Crippen LogP contribution in [0.15, 0.2) is 48.5 Å². The molecule has 3 aromatic rings. The van der Waals surface area contributed by atoms with Crippen LogP contribution in [-0.2, 0) is 4.79 Å². The number of amides is 1. The average Bonchev–Trinajstić information content (AvgIpc) is 3.40. The van der Waals surface area contributed by atoms with Gasteiger partial charge in [-0.25, -0.2) is 4.79 Å². The number of hydrogen-bond donors (Lipinski definition) is 2. The van der Waals surface area contributed by atoms with Crippen molar-refractivity contribution in [3.8, 4) is 11.1 Å². The second-order valence-electron chi connectivity index (χ2n) is 8.89. The second-order valence-corrected chi connectivity index (χ2v) is 10.0. The van der Waals surface area contributed by atoms with Gasteiger partial charge in [0.2, 0.25) is 5.91 Å². The molecule has 1 saturated carbocycles. The van der Waals surface area contributed by atoms with Gasteiger partial charge in [-0.1, -0.05) is 37.5 Å². The smallest absolute Gasteiger partial charge is 0.335 e. The Morgan fingerprint density at radius 2 is 1.71 bits per heavy atom. The summed E-state index contributed by atoms with van der Waals surface area (Å²) in [5.74, 6) is 0.331. The van der Waals surface area contributed by atoms with Crippen LogP contribution < -0.4 is 5.32 Å². The van der Waals surface area contributed by atoms with Crippen LogP contribution in [0.2, 0.25) is 0 Å². The topological polar surface area (TPSA) is 66.4 Å². The maximum atomic E-state index is 12.6. The molecule has 2 fully saturated rings. The molecule has 2 unspecified atom stereocenters. The van der Waals surface area contributed by atoms with E-state index in [0.717, 1.165) is 24.1 Å². The van der Waals surface area contributed by atoms with Crippen molar-refractivity contribution in [1.29, 1.82) is 0 Å². The predicted molar refractivity (Wildman–Crippen MR) is 125 cm³/mol. The van der Waals surface area contributed by atoms with Gasteiger partial charge in [0.15, 0.2) is 0 Å². The van der Waals surface area contributed by atoms with E-state index in [4.69, 9.17) is 5.11 Å². The molecule has 5 heteroatoms. The van der Waals surface area contributed by atoms with E-state index >= 15 is 0 Å². The van der Waals surface area contributed by atoms with E-state index < -0.39 is 5.97 Å². The average molecular weight is 434 g/mol. The third-order valence-electron chi connectivity index (χ3n) is 7.01. The molecular formula is C26H27NO3S. The molecule has 2 aliphatic rings. The summed E-state index contributed by atoms with van der Waals surface area (Å²) in [6.07, 6.45) is 7.26. The lowest BCUT2D eigenvalue weighted by Gasteiger charge is -2.32. The number of carboxylic acids is 1. The van der Waals surface area contributed by atoms with E-state index in [1.807, 2.05) is 23.5 Å². The van der Waals surface area contributed by atoms with Crippen molar-refractivity contribution in [2.45, 2.75) is 44.4 Å². The molecule has 1 aliphatic carbocycles. The van der Waals surface area contributed by atoms with E-state index in [2.05, 4.69) is 29.6 Å². The molecule has 2 heterocycles. The number of rotatable bonds is 5. The lowest BCUT2D eigenvalue weighted by molar-refractivity contribution is -0.123. The quantitative estimate of drug-likeness (QED) is 0.513. The normalized spacial score (nSPS) is 20.6. The highest BCUT2D eigenvalue weighted by Gasteiger charge is 2.39. The highest BCUT2D eigenvalue weighted by atomic mass is 32.1. The fraction of sp³-hybridized carbons (Fsp3) is 0.385. The molecule has 5 rings (SSSR count). The van der Waals surface area contributed by atoms with Crippen LogP contribution in [-0.4, -0.2) is 23.5 Å². The number of carbonyl (C=O) groups is 2. The second kappa shape index (κ2) is 8.46. The van der Waals surface area contributed by atoms with Gasteiger partial charge in [-0.3, -0.25) is 4.79 Å². The summed E-state index contributed by atoms with van der Waals surface area (Å²) in [5.41, 5.74) is 2.40. The summed E-state index contributed by atoms with van der Waals surface area (Å²) in [6, 6.07) is 15.8. The molecule has 0 spiro atoms. The largest absolute Gasteiger partial charge is 0.478 e. The van der Waals surface area contributed by atoms with Crippen molar-refractivity contribution in [2.24, 2.45) is 11.8 Å². The lowest BCUT2D eigenvalue weighted by atomic mass is 9.73. The number of nitrogens with one attached hydrogen (secondary N) is 1. The van der Waals surface area contributed by atoms with Crippen LogP contribution in [0.3, 0.4) is 0 Å². The molecule has 1 saturated heterocycles. The number of thiophene rings is 1. The molecule has 0 bridgehead atoms. The van der Waals surface area contributed by atoms with Crippen LogP contribution in [0.25, 0.3) is 21.2 Å². The molecule has 2 atom stereocenters. The van der Waals surface area contributed by atoms with Gasteiger partial charge < -0.3 is 10.4 Å².